The maximum atomic E-state index is 10.1. The molecule has 0 saturated heterocycles. The van der Waals surface area contributed by atoms with Gasteiger partial charge in [-0.1, -0.05) is 46.9 Å². The molecule has 100 valence electrons. The van der Waals surface area contributed by atoms with Crippen molar-refractivity contribution in [2.24, 2.45) is 0 Å². The highest BCUT2D eigenvalue weighted by Gasteiger charge is 2.12. The molecule has 0 aromatic heterocycles. The van der Waals surface area contributed by atoms with Gasteiger partial charge in [0.2, 0.25) is 0 Å². The molecule has 0 aliphatic rings. The van der Waals surface area contributed by atoms with Gasteiger partial charge in [0.1, 0.15) is 0 Å². The minimum atomic E-state index is -0.762. The van der Waals surface area contributed by atoms with E-state index >= 15 is 0 Å². The molecule has 2 nitrogen and oxygen atoms in total. The Morgan fingerprint density at radius 2 is 1.74 bits per heavy atom. The van der Waals surface area contributed by atoms with Gasteiger partial charge in [-0.3, -0.25) is 0 Å². The molecule has 19 heavy (non-hydrogen) atoms. The van der Waals surface area contributed by atoms with Crippen molar-refractivity contribution in [2.75, 3.05) is 11.9 Å². The minimum Gasteiger partial charge on any atom is -0.387 e. The van der Waals surface area contributed by atoms with Crippen LogP contribution in [0, 0.1) is 0 Å². The van der Waals surface area contributed by atoms with Crippen LogP contribution in [0.4, 0.5) is 5.69 Å². The maximum absolute atomic E-state index is 10.1. The zero-order chi connectivity index (χ0) is 13.8. The molecule has 0 spiro atoms. The van der Waals surface area contributed by atoms with Crippen LogP contribution in [0.25, 0.3) is 0 Å². The Kier molecular flexibility index (Phi) is 4.94. The largest absolute Gasteiger partial charge is 0.387 e. The van der Waals surface area contributed by atoms with Gasteiger partial charge in [0.05, 0.1) is 16.8 Å². The van der Waals surface area contributed by atoms with Crippen LogP contribution >= 0.6 is 34.8 Å². The molecule has 0 fully saturated rings. The number of para-hydroxylation sites is 1. The van der Waals surface area contributed by atoms with E-state index < -0.39 is 6.10 Å². The summed E-state index contributed by atoms with van der Waals surface area (Å²) < 4.78 is 0. The summed E-state index contributed by atoms with van der Waals surface area (Å²) in [6.07, 6.45) is -0.762. The Hall–Kier alpha value is -0.930. The first-order chi connectivity index (χ1) is 9.08. The van der Waals surface area contributed by atoms with Gasteiger partial charge < -0.3 is 10.4 Å². The van der Waals surface area contributed by atoms with Gasteiger partial charge in [0.15, 0.2) is 0 Å². The summed E-state index contributed by atoms with van der Waals surface area (Å²) in [6.45, 7) is 0.295. The number of hydrogen-bond acceptors (Lipinski definition) is 2. The zero-order valence-electron chi connectivity index (χ0n) is 9.91. The Morgan fingerprint density at radius 1 is 1.00 bits per heavy atom. The van der Waals surface area contributed by atoms with E-state index in [1.807, 2.05) is 18.2 Å². The van der Waals surface area contributed by atoms with Gasteiger partial charge in [0, 0.05) is 22.2 Å². The van der Waals surface area contributed by atoms with E-state index in [4.69, 9.17) is 34.8 Å². The SMILES string of the molecule is OC(CNc1ccccc1Cl)c1cc(Cl)ccc1Cl. The minimum absolute atomic E-state index is 0.295. The van der Waals surface area contributed by atoms with Crippen LogP contribution < -0.4 is 5.32 Å². The first-order valence-electron chi connectivity index (χ1n) is 5.69. The molecule has 0 radical (unpaired) electrons. The fourth-order valence-electron chi connectivity index (χ4n) is 1.69. The van der Waals surface area contributed by atoms with Crippen LogP contribution in [0.3, 0.4) is 0 Å². The molecule has 0 aliphatic carbocycles. The van der Waals surface area contributed by atoms with E-state index in [-0.39, 0.29) is 0 Å². The molecular formula is C14H12Cl3NO. The van der Waals surface area contributed by atoms with Gasteiger partial charge in [-0.2, -0.15) is 0 Å². The second-order valence-corrected chi connectivity index (χ2v) is 5.29. The summed E-state index contributed by atoms with van der Waals surface area (Å²) in [6, 6.07) is 12.3. The van der Waals surface area contributed by atoms with Gasteiger partial charge in [-0.05, 0) is 30.3 Å². The smallest absolute Gasteiger partial charge is 0.0977 e. The maximum Gasteiger partial charge on any atom is 0.0977 e. The second kappa shape index (κ2) is 6.49. The lowest BCUT2D eigenvalue weighted by Gasteiger charge is -2.15. The fraction of sp³-hybridized carbons (Fsp3) is 0.143. The molecule has 0 amide bonds. The van der Waals surface area contributed by atoms with Crippen molar-refractivity contribution in [1.82, 2.24) is 0 Å². The third kappa shape index (κ3) is 3.77. The molecule has 2 N–H and O–H groups in total. The van der Waals surface area contributed by atoms with E-state index in [1.54, 1.807) is 24.3 Å². The highest BCUT2D eigenvalue weighted by atomic mass is 35.5. The van der Waals surface area contributed by atoms with E-state index in [0.717, 1.165) is 5.69 Å². The van der Waals surface area contributed by atoms with Gasteiger partial charge >= 0.3 is 0 Å². The fourth-order valence-corrected chi connectivity index (χ4v) is 2.32. The van der Waals surface area contributed by atoms with Crippen molar-refractivity contribution < 1.29 is 5.11 Å². The highest BCUT2D eigenvalue weighted by molar-refractivity contribution is 6.33. The quantitative estimate of drug-likeness (QED) is 0.850. The zero-order valence-corrected chi connectivity index (χ0v) is 12.2. The second-order valence-electron chi connectivity index (χ2n) is 4.04. The van der Waals surface area contributed by atoms with Gasteiger partial charge in [-0.15, -0.1) is 0 Å². The van der Waals surface area contributed by atoms with Gasteiger partial charge in [-0.25, -0.2) is 0 Å². The number of halogens is 3. The van der Waals surface area contributed by atoms with Crippen LogP contribution in [0.15, 0.2) is 42.5 Å². The van der Waals surface area contributed by atoms with Crippen molar-refractivity contribution in [3.63, 3.8) is 0 Å². The Morgan fingerprint density at radius 3 is 2.47 bits per heavy atom. The van der Waals surface area contributed by atoms with E-state index in [0.29, 0.717) is 27.2 Å². The van der Waals surface area contributed by atoms with Crippen LogP contribution in [0.2, 0.25) is 15.1 Å². The van der Waals surface area contributed by atoms with Crippen LogP contribution in [0.5, 0.6) is 0 Å². The third-order valence-electron chi connectivity index (χ3n) is 2.68. The monoisotopic (exact) mass is 315 g/mol. The summed E-state index contributed by atoms with van der Waals surface area (Å²) in [5, 5.41) is 14.8. The molecule has 5 heteroatoms. The van der Waals surface area contributed by atoms with Crippen molar-refractivity contribution in [2.45, 2.75) is 6.10 Å². The van der Waals surface area contributed by atoms with E-state index in [9.17, 15) is 5.11 Å². The predicted molar refractivity (Wildman–Crippen MR) is 81.4 cm³/mol. The number of aliphatic hydroxyl groups is 1. The van der Waals surface area contributed by atoms with E-state index in [2.05, 4.69) is 5.32 Å². The first kappa shape index (κ1) is 14.5. The Bertz CT molecular complexity index is 574. The molecule has 1 atom stereocenters. The normalized spacial score (nSPS) is 12.2. The number of rotatable bonds is 4. The van der Waals surface area contributed by atoms with Crippen LogP contribution in [-0.2, 0) is 0 Å². The summed E-state index contributed by atoms with van der Waals surface area (Å²) >= 11 is 17.9. The third-order valence-corrected chi connectivity index (χ3v) is 3.59. The number of anilines is 1. The van der Waals surface area contributed by atoms with Crippen molar-refractivity contribution in [3.8, 4) is 0 Å². The summed E-state index contributed by atoms with van der Waals surface area (Å²) in [5.74, 6) is 0. The lowest BCUT2D eigenvalue weighted by Crippen LogP contribution is -2.12. The molecule has 0 heterocycles. The average Bonchev–Trinajstić information content (AvgIpc) is 2.40. The lowest BCUT2D eigenvalue weighted by atomic mass is 10.1. The Labute approximate surface area is 126 Å². The number of aliphatic hydroxyl groups excluding tert-OH is 1. The number of benzene rings is 2. The molecule has 0 bridgehead atoms. The Balaban J connectivity index is 2.07. The molecular weight excluding hydrogens is 305 g/mol. The highest BCUT2D eigenvalue weighted by Crippen LogP contribution is 2.27. The molecule has 0 aliphatic heterocycles. The lowest BCUT2D eigenvalue weighted by molar-refractivity contribution is 0.192. The van der Waals surface area contributed by atoms with E-state index in [1.165, 1.54) is 0 Å². The van der Waals surface area contributed by atoms with Crippen LogP contribution in [-0.4, -0.2) is 11.7 Å². The van der Waals surface area contributed by atoms with Gasteiger partial charge in [0.25, 0.3) is 0 Å². The molecule has 0 saturated carbocycles. The number of hydrogen-bond donors (Lipinski definition) is 2. The molecule has 2 aromatic carbocycles. The summed E-state index contributed by atoms with van der Waals surface area (Å²) in [7, 11) is 0. The topological polar surface area (TPSA) is 32.3 Å². The van der Waals surface area contributed by atoms with Crippen LogP contribution in [0.1, 0.15) is 11.7 Å². The first-order valence-corrected chi connectivity index (χ1v) is 6.82. The summed E-state index contributed by atoms with van der Waals surface area (Å²) in [5.41, 5.74) is 1.36. The predicted octanol–water partition coefficient (Wildman–Crippen LogP) is 4.79. The van der Waals surface area contributed by atoms with Crippen molar-refractivity contribution >= 4 is 40.5 Å². The number of nitrogens with one attached hydrogen (secondary N) is 1. The average molecular weight is 317 g/mol. The molecule has 2 rings (SSSR count). The molecule has 2 aromatic rings. The summed E-state index contributed by atoms with van der Waals surface area (Å²) in [4.78, 5) is 0. The standard InChI is InChI=1S/C14H12Cl3NO/c15-9-5-6-11(16)10(7-9)14(19)8-18-13-4-2-1-3-12(13)17/h1-7,14,18-19H,8H2. The molecule has 1 unspecified atom stereocenters. The van der Waals surface area contributed by atoms with Crippen molar-refractivity contribution in [3.05, 3.63) is 63.1 Å². The van der Waals surface area contributed by atoms with Crippen molar-refractivity contribution in [1.29, 1.82) is 0 Å².